The number of urea groups is 1. The van der Waals surface area contributed by atoms with Crippen molar-refractivity contribution in [3.63, 3.8) is 0 Å². The monoisotopic (exact) mass is 404 g/mol. The number of pyridine rings is 1. The highest BCUT2D eigenvalue weighted by Crippen LogP contribution is 2.15. The van der Waals surface area contributed by atoms with Gasteiger partial charge in [-0.2, -0.15) is 0 Å². The lowest BCUT2D eigenvalue weighted by Gasteiger charge is -2.34. The molecule has 0 unspecified atom stereocenters. The molecule has 1 saturated heterocycles. The zero-order valence-electron chi connectivity index (χ0n) is 16.6. The van der Waals surface area contributed by atoms with E-state index in [-0.39, 0.29) is 11.6 Å². The summed E-state index contributed by atoms with van der Waals surface area (Å²) in [5.41, 5.74) is 3.29. The van der Waals surface area contributed by atoms with Crippen LogP contribution in [-0.2, 0) is 13.1 Å². The minimum atomic E-state index is -0.956. The van der Waals surface area contributed by atoms with Crippen LogP contribution in [0.25, 0.3) is 10.9 Å². The quantitative estimate of drug-likeness (QED) is 0.683. The average molecular weight is 404 g/mol. The molecule has 2 aromatic carbocycles. The predicted octanol–water partition coefficient (Wildman–Crippen LogP) is 2.96. The van der Waals surface area contributed by atoms with Crippen molar-refractivity contribution >= 4 is 22.9 Å². The third-order valence-corrected chi connectivity index (χ3v) is 5.36. The largest absolute Gasteiger partial charge is 0.478 e. The molecule has 4 rings (SSSR count). The number of carbonyl (C=O) groups is 2. The SMILES string of the molecule is O=C(O)c1ccc(CNC(=O)N2CCN(Cc3cnc4ccccc4c3)CC2)cc1. The van der Waals surface area contributed by atoms with Crippen molar-refractivity contribution in [1.82, 2.24) is 20.1 Å². The number of rotatable bonds is 5. The lowest BCUT2D eigenvalue weighted by atomic mass is 10.1. The van der Waals surface area contributed by atoms with Crippen LogP contribution in [0.4, 0.5) is 4.79 Å². The number of fused-ring (bicyclic) bond motifs is 1. The number of nitrogens with one attached hydrogen (secondary N) is 1. The van der Waals surface area contributed by atoms with E-state index in [1.54, 1.807) is 24.3 Å². The Morgan fingerprint density at radius 2 is 1.70 bits per heavy atom. The molecular formula is C23H24N4O3. The van der Waals surface area contributed by atoms with Crippen LogP contribution < -0.4 is 5.32 Å². The second kappa shape index (κ2) is 8.92. The summed E-state index contributed by atoms with van der Waals surface area (Å²) in [5.74, 6) is -0.956. The first-order chi connectivity index (χ1) is 14.6. The Labute approximate surface area is 174 Å². The Bertz CT molecular complexity index is 1040. The van der Waals surface area contributed by atoms with E-state index in [2.05, 4.69) is 27.3 Å². The molecule has 2 heterocycles. The summed E-state index contributed by atoms with van der Waals surface area (Å²) in [7, 11) is 0. The van der Waals surface area contributed by atoms with Crippen molar-refractivity contribution in [2.75, 3.05) is 26.2 Å². The third-order valence-electron chi connectivity index (χ3n) is 5.36. The number of hydrogen-bond acceptors (Lipinski definition) is 4. The molecule has 1 aromatic heterocycles. The van der Waals surface area contributed by atoms with Gasteiger partial charge in [-0.05, 0) is 35.4 Å². The van der Waals surface area contributed by atoms with Gasteiger partial charge >= 0.3 is 12.0 Å². The first kappa shape index (κ1) is 19.8. The number of carboxylic acid groups (broad SMARTS) is 1. The third kappa shape index (κ3) is 4.75. The Hall–Kier alpha value is -3.45. The molecule has 0 atom stereocenters. The Morgan fingerprint density at radius 1 is 0.967 bits per heavy atom. The Kier molecular flexibility index (Phi) is 5.90. The number of nitrogens with zero attached hydrogens (tertiary/aromatic N) is 3. The highest BCUT2D eigenvalue weighted by molar-refractivity contribution is 5.87. The normalized spacial score (nSPS) is 14.6. The van der Waals surface area contributed by atoms with Crippen LogP contribution in [0.15, 0.2) is 60.8 Å². The van der Waals surface area contributed by atoms with E-state index in [1.807, 2.05) is 29.3 Å². The number of amides is 2. The highest BCUT2D eigenvalue weighted by Gasteiger charge is 2.21. The topological polar surface area (TPSA) is 85.8 Å². The summed E-state index contributed by atoms with van der Waals surface area (Å²) in [5, 5.41) is 13.0. The van der Waals surface area contributed by atoms with Crippen molar-refractivity contribution in [1.29, 1.82) is 0 Å². The maximum Gasteiger partial charge on any atom is 0.335 e. The predicted molar refractivity (Wildman–Crippen MR) is 114 cm³/mol. The molecule has 0 saturated carbocycles. The molecule has 0 spiro atoms. The van der Waals surface area contributed by atoms with Gasteiger partial charge in [-0.15, -0.1) is 0 Å². The number of piperazine rings is 1. The Balaban J connectivity index is 1.25. The molecule has 0 radical (unpaired) electrons. The summed E-state index contributed by atoms with van der Waals surface area (Å²) in [6, 6.07) is 16.7. The summed E-state index contributed by atoms with van der Waals surface area (Å²) in [4.78, 5) is 32.0. The van der Waals surface area contributed by atoms with E-state index in [1.165, 1.54) is 5.56 Å². The standard InChI is InChI=1S/C23H24N4O3/c28-22(29)19-7-5-17(6-8-19)14-25-23(30)27-11-9-26(10-12-27)16-18-13-20-3-1-2-4-21(20)24-15-18/h1-8,13,15H,9-12,14,16H2,(H,25,30)(H,28,29). The van der Waals surface area contributed by atoms with E-state index in [0.717, 1.165) is 36.1 Å². The molecule has 1 fully saturated rings. The molecule has 0 aliphatic carbocycles. The number of para-hydroxylation sites is 1. The van der Waals surface area contributed by atoms with Crippen LogP contribution in [-0.4, -0.2) is 58.1 Å². The molecular weight excluding hydrogens is 380 g/mol. The molecule has 3 aromatic rings. The van der Waals surface area contributed by atoms with Crippen molar-refractivity contribution in [3.8, 4) is 0 Å². The van der Waals surface area contributed by atoms with Gasteiger partial charge in [0, 0.05) is 50.9 Å². The lowest BCUT2D eigenvalue weighted by Crippen LogP contribution is -2.51. The fourth-order valence-electron chi connectivity index (χ4n) is 3.63. The maximum absolute atomic E-state index is 12.5. The van der Waals surface area contributed by atoms with Crippen LogP contribution in [0, 0.1) is 0 Å². The average Bonchev–Trinajstić information content (AvgIpc) is 2.78. The number of aromatic carboxylic acids is 1. The van der Waals surface area contributed by atoms with Gasteiger partial charge in [0.2, 0.25) is 0 Å². The summed E-state index contributed by atoms with van der Waals surface area (Å²) >= 11 is 0. The van der Waals surface area contributed by atoms with Gasteiger partial charge < -0.3 is 15.3 Å². The smallest absolute Gasteiger partial charge is 0.335 e. The number of carboxylic acids is 1. The van der Waals surface area contributed by atoms with E-state index >= 15 is 0 Å². The summed E-state index contributed by atoms with van der Waals surface area (Å²) < 4.78 is 0. The molecule has 30 heavy (non-hydrogen) atoms. The molecule has 2 N–H and O–H groups in total. The summed E-state index contributed by atoms with van der Waals surface area (Å²) in [6.07, 6.45) is 1.93. The molecule has 1 aliphatic heterocycles. The van der Waals surface area contributed by atoms with Crippen LogP contribution in [0.2, 0.25) is 0 Å². The van der Waals surface area contributed by atoms with E-state index < -0.39 is 5.97 Å². The van der Waals surface area contributed by atoms with Crippen LogP contribution >= 0.6 is 0 Å². The minimum Gasteiger partial charge on any atom is -0.478 e. The van der Waals surface area contributed by atoms with Crippen molar-refractivity contribution in [2.45, 2.75) is 13.1 Å². The number of carbonyl (C=O) groups excluding carboxylic acids is 1. The zero-order valence-corrected chi connectivity index (χ0v) is 16.6. The van der Waals surface area contributed by atoms with Gasteiger partial charge in [-0.25, -0.2) is 9.59 Å². The van der Waals surface area contributed by atoms with Crippen molar-refractivity contribution in [2.24, 2.45) is 0 Å². The number of aromatic nitrogens is 1. The Morgan fingerprint density at radius 3 is 2.43 bits per heavy atom. The van der Waals surface area contributed by atoms with Crippen LogP contribution in [0.3, 0.4) is 0 Å². The molecule has 7 nitrogen and oxygen atoms in total. The van der Waals surface area contributed by atoms with E-state index in [4.69, 9.17) is 5.11 Å². The lowest BCUT2D eigenvalue weighted by molar-refractivity contribution is 0.0697. The molecule has 1 aliphatic rings. The van der Waals surface area contributed by atoms with Crippen molar-refractivity contribution in [3.05, 3.63) is 77.5 Å². The molecule has 154 valence electrons. The second-order valence-corrected chi connectivity index (χ2v) is 7.46. The van der Waals surface area contributed by atoms with Gasteiger partial charge in [-0.1, -0.05) is 30.3 Å². The highest BCUT2D eigenvalue weighted by atomic mass is 16.4. The second-order valence-electron chi connectivity index (χ2n) is 7.46. The molecule has 7 heteroatoms. The maximum atomic E-state index is 12.5. The van der Waals surface area contributed by atoms with Gasteiger partial charge in [0.15, 0.2) is 0 Å². The molecule has 2 amide bonds. The summed E-state index contributed by atoms with van der Waals surface area (Å²) in [6.45, 7) is 4.17. The van der Waals surface area contributed by atoms with Gasteiger partial charge in [0.25, 0.3) is 0 Å². The first-order valence-corrected chi connectivity index (χ1v) is 9.99. The van der Waals surface area contributed by atoms with Gasteiger partial charge in [-0.3, -0.25) is 9.88 Å². The van der Waals surface area contributed by atoms with Gasteiger partial charge in [0.1, 0.15) is 0 Å². The number of benzene rings is 2. The van der Waals surface area contributed by atoms with E-state index in [9.17, 15) is 9.59 Å². The van der Waals surface area contributed by atoms with Gasteiger partial charge in [0.05, 0.1) is 11.1 Å². The van der Waals surface area contributed by atoms with E-state index in [0.29, 0.717) is 19.6 Å². The first-order valence-electron chi connectivity index (χ1n) is 9.99. The zero-order chi connectivity index (χ0) is 20.9. The van der Waals surface area contributed by atoms with Crippen LogP contribution in [0.1, 0.15) is 21.5 Å². The fourth-order valence-corrected chi connectivity index (χ4v) is 3.63. The number of hydrogen-bond donors (Lipinski definition) is 2. The minimum absolute atomic E-state index is 0.0932. The van der Waals surface area contributed by atoms with Crippen LogP contribution in [0.5, 0.6) is 0 Å². The van der Waals surface area contributed by atoms with Crippen molar-refractivity contribution < 1.29 is 14.7 Å². The molecule has 0 bridgehead atoms. The fraction of sp³-hybridized carbons (Fsp3) is 0.261.